The second kappa shape index (κ2) is 8.32. The predicted octanol–water partition coefficient (Wildman–Crippen LogP) is 3.15. The van der Waals surface area contributed by atoms with Gasteiger partial charge in [0.25, 0.3) is 0 Å². The molecule has 0 spiro atoms. The van der Waals surface area contributed by atoms with Crippen molar-refractivity contribution in [3.8, 4) is 5.75 Å². The zero-order chi connectivity index (χ0) is 15.8. The van der Waals surface area contributed by atoms with Crippen LogP contribution in [0.25, 0.3) is 0 Å². The molecule has 1 heterocycles. The van der Waals surface area contributed by atoms with Gasteiger partial charge in [0.05, 0.1) is 12.3 Å². The molecule has 1 aromatic carbocycles. The van der Waals surface area contributed by atoms with Crippen LogP contribution in [0, 0.1) is 5.92 Å². The number of aromatic nitrogens is 3. The summed E-state index contributed by atoms with van der Waals surface area (Å²) in [6.07, 6.45) is 3.37. The number of aldehydes is 1. The van der Waals surface area contributed by atoms with Crippen LogP contribution in [0.5, 0.6) is 5.75 Å². The first-order valence-electron chi connectivity index (χ1n) is 7.76. The number of rotatable bonds is 9. The number of aryl methyl sites for hydroxylation is 1. The van der Waals surface area contributed by atoms with E-state index in [2.05, 4.69) is 24.2 Å². The van der Waals surface area contributed by atoms with E-state index in [0.29, 0.717) is 18.2 Å². The van der Waals surface area contributed by atoms with Crippen molar-refractivity contribution >= 4 is 6.29 Å². The molecule has 5 nitrogen and oxygen atoms in total. The van der Waals surface area contributed by atoms with Crippen LogP contribution in [0.1, 0.15) is 42.9 Å². The highest BCUT2D eigenvalue weighted by Gasteiger charge is 2.12. The molecule has 0 atom stereocenters. The molecule has 0 N–H and O–H groups in total. The topological polar surface area (TPSA) is 57.0 Å². The highest BCUT2D eigenvalue weighted by molar-refractivity contribution is 5.73. The first-order chi connectivity index (χ1) is 10.7. The first kappa shape index (κ1) is 16.2. The summed E-state index contributed by atoms with van der Waals surface area (Å²) in [5.41, 5.74) is 1.36. The molecule has 0 bridgehead atoms. The van der Waals surface area contributed by atoms with E-state index < -0.39 is 0 Å². The maximum atomic E-state index is 11.1. The molecule has 0 amide bonds. The molecule has 22 heavy (non-hydrogen) atoms. The minimum absolute atomic E-state index is 0.448. The molecule has 0 aliphatic heterocycles. The molecule has 1 aromatic heterocycles. The quantitative estimate of drug-likeness (QED) is 0.527. The summed E-state index contributed by atoms with van der Waals surface area (Å²) in [4.78, 5) is 11.1. The van der Waals surface area contributed by atoms with Gasteiger partial charge in [0, 0.05) is 6.54 Å². The molecule has 0 aliphatic carbocycles. The lowest BCUT2D eigenvalue weighted by Gasteiger charge is -2.09. The van der Waals surface area contributed by atoms with Crippen LogP contribution in [-0.2, 0) is 13.0 Å². The van der Waals surface area contributed by atoms with Crippen molar-refractivity contribution in [1.29, 1.82) is 0 Å². The Kier molecular flexibility index (Phi) is 6.13. The third-order valence-corrected chi connectivity index (χ3v) is 3.47. The number of para-hydroxylation sites is 1. The summed E-state index contributed by atoms with van der Waals surface area (Å²) in [5, 5.41) is 8.04. The van der Waals surface area contributed by atoms with Gasteiger partial charge in [0.1, 0.15) is 11.4 Å². The van der Waals surface area contributed by atoms with E-state index in [-0.39, 0.29) is 0 Å². The van der Waals surface area contributed by atoms with Gasteiger partial charge in [-0.1, -0.05) is 37.3 Å². The van der Waals surface area contributed by atoms with E-state index in [9.17, 15) is 4.79 Å². The van der Waals surface area contributed by atoms with Gasteiger partial charge < -0.3 is 4.74 Å². The Morgan fingerprint density at radius 1 is 1.27 bits per heavy atom. The van der Waals surface area contributed by atoms with Crippen LogP contribution in [-0.4, -0.2) is 27.9 Å². The van der Waals surface area contributed by atoms with Crippen molar-refractivity contribution in [3.63, 3.8) is 0 Å². The fourth-order valence-corrected chi connectivity index (χ4v) is 2.20. The number of ether oxygens (including phenoxy) is 1. The first-order valence-corrected chi connectivity index (χ1v) is 7.76. The Morgan fingerprint density at radius 2 is 2.05 bits per heavy atom. The Balaban J connectivity index is 1.87. The van der Waals surface area contributed by atoms with Gasteiger partial charge in [-0.3, -0.25) is 4.79 Å². The number of hydrogen-bond acceptors (Lipinski definition) is 4. The lowest BCUT2D eigenvalue weighted by atomic mass is 10.1. The minimum Gasteiger partial charge on any atom is -0.494 e. The molecule has 0 radical (unpaired) electrons. The lowest BCUT2D eigenvalue weighted by Crippen LogP contribution is -2.10. The Hall–Kier alpha value is -2.17. The number of hydrogen-bond donors (Lipinski definition) is 0. The van der Waals surface area contributed by atoms with Crippen LogP contribution >= 0.6 is 0 Å². The predicted molar refractivity (Wildman–Crippen MR) is 85.1 cm³/mol. The van der Waals surface area contributed by atoms with Crippen molar-refractivity contribution in [2.45, 2.75) is 39.7 Å². The summed E-state index contributed by atoms with van der Waals surface area (Å²) in [7, 11) is 0. The van der Waals surface area contributed by atoms with Crippen molar-refractivity contribution in [3.05, 3.63) is 41.7 Å². The average molecular weight is 301 g/mol. The number of carbonyl (C=O) groups excluding carboxylic acids is 1. The fraction of sp³-hybridized carbons (Fsp3) is 0.471. The highest BCUT2D eigenvalue weighted by atomic mass is 16.5. The normalized spacial score (nSPS) is 10.9. The Labute approximate surface area is 131 Å². The van der Waals surface area contributed by atoms with Crippen LogP contribution < -0.4 is 4.74 Å². The van der Waals surface area contributed by atoms with E-state index in [1.165, 1.54) is 0 Å². The molecule has 5 heteroatoms. The van der Waals surface area contributed by atoms with Crippen LogP contribution in [0.3, 0.4) is 0 Å². The van der Waals surface area contributed by atoms with Crippen molar-refractivity contribution < 1.29 is 9.53 Å². The molecule has 0 unspecified atom stereocenters. The summed E-state index contributed by atoms with van der Waals surface area (Å²) >= 11 is 0. The Bertz CT molecular complexity index is 579. The van der Waals surface area contributed by atoms with Crippen molar-refractivity contribution in [2.24, 2.45) is 5.92 Å². The molecule has 2 aromatic rings. The van der Waals surface area contributed by atoms with E-state index in [0.717, 1.165) is 43.5 Å². The van der Waals surface area contributed by atoms with E-state index >= 15 is 0 Å². The molecule has 2 rings (SSSR count). The number of carbonyl (C=O) groups is 1. The monoisotopic (exact) mass is 301 g/mol. The number of benzene rings is 1. The molecular weight excluding hydrogens is 278 g/mol. The molecular formula is C17H23N3O2. The third kappa shape index (κ3) is 4.69. The van der Waals surface area contributed by atoms with Gasteiger partial charge in [-0.15, -0.1) is 5.10 Å². The van der Waals surface area contributed by atoms with Gasteiger partial charge in [-0.2, -0.15) is 0 Å². The zero-order valence-corrected chi connectivity index (χ0v) is 13.2. The summed E-state index contributed by atoms with van der Waals surface area (Å²) in [6.45, 7) is 5.75. The maximum Gasteiger partial charge on any atom is 0.172 e. The maximum absolute atomic E-state index is 11.1. The van der Waals surface area contributed by atoms with Crippen LogP contribution in [0.15, 0.2) is 30.3 Å². The summed E-state index contributed by atoms with van der Waals surface area (Å²) in [6, 6.07) is 9.73. The fourth-order valence-electron chi connectivity index (χ4n) is 2.20. The van der Waals surface area contributed by atoms with Crippen LogP contribution in [0.4, 0.5) is 0 Å². The van der Waals surface area contributed by atoms with Gasteiger partial charge in [-0.05, 0) is 37.3 Å². The SMILES string of the molecule is CC(C)CCn1nnc(C=O)c1CCCOc1ccccc1. The number of nitrogens with zero attached hydrogens (tertiary/aromatic N) is 3. The Morgan fingerprint density at radius 3 is 2.73 bits per heavy atom. The van der Waals surface area contributed by atoms with Gasteiger partial charge >= 0.3 is 0 Å². The average Bonchev–Trinajstić information content (AvgIpc) is 2.92. The zero-order valence-electron chi connectivity index (χ0n) is 13.2. The minimum atomic E-state index is 0.448. The third-order valence-electron chi connectivity index (χ3n) is 3.47. The van der Waals surface area contributed by atoms with Crippen molar-refractivity contribution in [1.82, 2.24) is 15.0 Å². The molecule has 0 saturated carbocycles. The standard InChI is InChI=1S/C17H23N3O2/c1-14(2)10-11-20-17(16(13-21)18-19-20)9-6-12-22-15-7-4-3-5-8-15/h3-5,7-8,13-14H,6,9-12H2,1-2H3. The van der Waals surface area contributed by atoms with Gasteiger partial charge in [0.2, 0.25) is 0 Å². The van der Waals surface area contributed by atoms with E-state index in [4.69, 9.17) is 4.74 Å². The molecule has 0 fully saturated rings. The molecule has 0 aliphatic rings. The van der Waals surface area contributed by atoms with Crippen LogP contribution in [0.2, 0.25) is 0 Å². The lowest BCUT2D eigenvalue weighted by molar-refractivity contribution is 0.111. The molecule has 0 saturated heterocycles. The summed E-state index contributed by atoms with van der Waals surface area (Å²) in [5.74, 6) is 1.46. The van der Waals surface area contributed by atoms with Crippen molar-refractivity contribution in [2.75, 3.05) is 6.61 Å². The van der Waals surface area contributed by atoms with E-state index in [1.54, 1.807) is 0 Å². The van der Waals surface area contributed by atoms with E-state index in [1.807, 2.05) is 35.0 Å². The van der Waals surface area contributed by atoms with Gasteiger partial charge in [0.15, 0.2) is 6.29 Å². The second-order valence-electron chi connectivity index (χ2n) is 5.71. The van der Waals surface area contributed by atoms with Gasteiger partial charge in [-0.25, -0.2) is 4.68 Å². The second-order valence-corrected chi connectivity index (χ2v) is 5.71. The molecule has 118 valence electrons. The highest BCUT2D eigenvalue weighted by Crippen LogP contribution is 2.12. The summed E-state index contributed by atoms with van der Waals surface area (Å²) < 4.78 is 7.53. The smallest absolute Gasteiger partial charge is 0.172 e. The largest absolute Gasteiger partial charge is 0.494 e.